The zero-order valence-electron chi connectivity index (χ0n) is 17.5. The Labute approximate surface area is 183 Å². The summed E-state index contributed by atoms with van der Waals surface area (Å²) in [6.07, 6.45) is 1.83. The predicted molar refractivity (Wildman–Crippen MR) is 128 cm³/mol. The third kappa shape index (κ3) is 4.59. The van der Waals surface area contributed by atoms with Crippen molar-refractivity contribution < 1.29 is 0 Å². The van der Waals surface area contributed by atoms with Gasteiger partial charge in [0.15, 0.2) is 0 Å². The zero-order chi connectivity index (χ0) is 21.1. The molecule has 0 unspecified atom stereocenters. The second-order valence-electron chi connectivity index (χ2n) is 7.58. The van der Waals surface area contributed by atoms with Crippen molar-refractivity contribution >= 4 is 54.0 Å². The lowest BCUT2D eigenvalue weighted by atomic mass is 9.96. The summed E-state index contributed by atoms with van der Waals surface area (Å²) in [5.74, 6) is 3.29. The topological polar surface area (TPSA) is 60.4 Å². The molecule has 0 radical (unpaired) electrons. The van der Waals surface area contributed by atoms with Crippen LogP contribution in [-0.2, 0) is 0 Å². The van der Waals surface area contributed by atoms with Crippen LogP contribution in [0.3, 0.4) is 0 Å². The smallest absolute Gasteiger partial charge is 0.229 e. The van der Waals surface area contributed by atoms with Gasteiger partial charge in [0, 0.05) is 52.5 Å². The summed E-state index contributed by atoms with van der Waals surface area (Å²) in [5, 5.41) is 4.02. The molecule has 7 nitrogen and oxygen atoms in total. The number of rotatable bonds is 5. The van der Waals surface area contributed by atoms with Crippen molar-refractivity contribution in [1.29, 1.82) is 0 Å². The van der Waals surface area contributed by atoms with Crippen LogP contribution in [0.1, 0.15) is 0 Å². The first-order valence-corrected chi connectivity index (χ1v) is 10.4. The molecule has 1 aliphatic heterocycles. The van der Waals surface area contributed by atoms with E-state index in [1.165, 1.54) is 0 Å². The number of piperazine rings is 1. The number of anilines is 5. The Hall–Kier alpha value is -3.00. The summed E-state index contributed by atoms with van der Waals surface area (Å²) in [6.45, 7) is 3.41. The zero-order valence-corrected chi connectivity index (χ0v) is 18.3. The van der Waals surface area contributed by atoms with Gasteiger partial charge in [-0.15, -0.1) is 0 Å². The molecule has 0 spiro atoms. The molecule has 154 valence electrons. The monoisotopic (exact) mass is 421 g/mol. The van der Waals surface area contributed by atoms with E-state index in [2.05, 4.69) is 20.1 Å². The van der Waals surface area contributed by atoms with Gasteiger partial charge in [0.05, 0.1) is 10.7 Å². The van der Waals surface area contributed by atoms with E-state index in [0.29, 0.717) is 11.0 Å². The molecule has 3 heterocycles. The normalized spacial score (nSPS) is 14.0. The van der Waals surface area contributed by atoms with Gasteiger partial charge in [0.1, 0.15) is 25.3 Å². The number of nitrogens with one attached hydrogen (secondary N) is 1. The molecule has 9 heteroatoms. The van der Waals surface area contributed by atoms with Gasteiger partial charge in [-0.2, -0.15) is 9.97 Å². The van der Waals surface area contributed by atoms with Gasteiger partial charge < -0.3 is 20.0 Å². The van der Waals surface area contributed by atoms with Crippen LogP contribution in [0.25, 0.3) is 0 Å². The maximum absolute atomic E-state index is 6.41. The highest BCUT2D eigenvalue weighted by Crippen LogP contribution is 2.27. The number of halogens is 1. The Balaban J connectivity index is 1.54. The molecule has 3 aromatic rings. The van der Waals surface area contributed by atoms with E-state index in [4.69, 9.17) is 21.6 Å². The minimum Gasteiger partial charge on any atom is -0.363 e. The Morgan fingerprint density at radius 1 is 1.00 bits per heavy atom. The third-order valence-electron chi connectivity index (χ3n) is 5.08. The van der Waals surface area contributed by atoms with Crippen LogP contribution in [0.5, 0.6) is 0 Å². The van der Waals surface area contributed by atoms with Crippen LogP contribution < -0.4 is 25.5 Å². The number of hydrogen-bond acceptors (Lipinski definition) is 7. The Morgan fingerprint density at radius 3 is 2.43 bits per heavy atom. The van der Waals surface area contributed by atoms with Gasteiger partial charge in [-0.25, -0.2) is 4.98 Å². The summed E-state index contributed by atoms with van der Waals surface area (Å²) in [4.78, 5) is 20.5. The SMILES string of the molecule is Bc1ccc(Nc2cc(N(C)C)nc(N3CCN(c4ccccn4)CC3)n2)c(Cl)c1. The average molecular weight is 422 g/mol. The molecule has 30 heavy (non-hydrogen) atoms. The summed E-state index contributed by atoms with van der Waals surface area (Å²) >= 11 is 6.41. The number of hydrogen-bond donors (Lipinski definition) is 1. The summed E-state index contributed by atoms with van der Waals surface area (Å²) in [7, 11) is 5.98. The largest absolute Gasteiger partial charge is 0.363 e. The van der Waals surface area contributed by atoms with Crippen LogP contribution in [0.2, 0.25) is 5.02 Å². The van der Waals surface area contributed by atoms with E-state index >= 15 is 0 Å². The van der Waals surface area contributed by atoms with E-state index in [1.54, 1.807) is 0 Å². The van der Waals surface area contributed by atoms with Crippen molar-refractivity contribution in [3.8, 4) is 0 Å². The molecule has 1 N–H and O–H groups in total. The fraction of sp³-hybridized carbons (Fsp3) is 0.286. The molecular weight excluding hydrogens is 397 g/mol. The second-order valence-corrected chi connectivity index (χ2v) is 7.98. The summed E-state index contributed by atoms with van der Waals surface area (Å²) < 4.78 is 0. The van der Waals surface area contributed by atoms with Gasteiger partial charge in [0.2, 0.25) is 5.95 Å². The van der Waals surface area contributed by atoms with Crippen molar-refractivity contribution in [2.75, 3.05) is 60.3 Å². The Kier molecular flexibility index (Phi) is 5.94. The number of pyridine rings is 1. The van der Waals surface area contributed by atoms with Crippen molar-refractivity contribution in [3.63, 3.8) is 0 Å². The van der Waals surface area contributed by atoms with Crippen molar-refractivity contribution in [3.05, 3.63) is 53.7 Å². The van der Waals surface area contributed by atoms with Gasteiger partial charge in [-0.05, 0) is 24.3 Å². The Bertz CT molecular complexity index is 1010. The van der Waals surface area contributed by atoms with Crippen LogP contribution in [-0.4, -0.2) is 63.1 Å². The fourth-order valence-electron chi connectivity index (χ4n) is 3.39. The highest BCUT2D eigenvalue weighted by Gasteiger charge is 2.21. The standard InChI is InChI=1S/C21H25BClN7/c1-28(2)20-14-18(25-17-7-6-15(22)13-16(17)23)26-21(27-20)30-11-9-29(10-12-30)19-5-3-4-8-24-19/h3-8,13-14H,9-12,22H2,1-2H3,(H,25,26,27). The minimum atomic E-state index is 0.672. The lowest BCUT2D eigenvalue weighted by molar-refractivity contribution is 0.635. The van der Waals surface area contributed by atoms with Crippen molar-refractivity contribution in [1.82, 2.24) is 15.0 Å². The van der Waals surface area contributed by atoms with Crippen LogP contribution in [0, 0.1) is 0 Å². The van der Waals surface area contributed by atoms with Gasteiger partial charge in [-0.3, -0.25) is 0 Å². The van der Waals surface area contributed by atoms with Gasteiger partial charge >= 0.3 is 0 Å². The quantitative estimate of drug-likeness (QED) is 0.632. The fourth-order valence-corrected chi connectivity index (χ4v) is 3.67. The summed E-state index contributed by atoms with van der Waals surface area (Å²) in [5.41, 5.74) is 1.95. The van der Waals surface area contributed by atoms with E-state index in [-0.39, 0.29) is 0 Å². The number of nitrogens with zero attached hydrogens (tertiary/aromatic N) is 6. The molecule has 1 aliphatic rings. The lowest BCUT2D eigenvalue weighted by Gasteiger charge is -2.35. The number of aromatic nitrogens is 3. The average Bonchev–Trinajstić information content (AvgIpc) is 2.76. The molecule has 0 aliphatic carbocycles. The minimum absolute atomic E-state index is 0.672. The van der Waals surface area contributed by atoms with Gasteiger partial charge in [-0.1, -0.05) is 29.2 Å². The molecule has 0 atom stereocenters. The third-order valence-corrected chi connectivity index (χ3v) is 5.39. The highest BCUT2D eigenvalue weighted by atomic mass is 35.5. The maximum Gasteiger partial charge on any atom is 0.229 e. The van der Waals surface area contributed by atoms with Crippen molar-refractivity contribution in [2.24, 2.45) is 0 Å². The lowest BCUT2D eigenvalue weighted by Crippen LogP contribution is -2.47. The first kappa shape index (κ1) is 20.3. The van der Waals surface area contributed by atoms with E-state index in [1.807, 2.05) is 75.5 Å². The van der Waals surface area contributed by atoms with E-state index in [0.717, 1.165) is 54.8 Å². The molecule has 1 aromatic carbocycles. The molecular formula is C21H25BClN7. The van der Waals surface area contributed by atoms with E-state index in [9.17, 15) is 0 Å². The van der Waals surface area contributed by atoms with Crippen molar-refractivity contribution in [2.45, 2.75) is 0 Å². The molecule has 1 fully saturated rings. The van der Waals surface area contributed by atoms with Crippen LogP contribution >= 0.6 is 11.6 Å². The molecule has 0 saturated carbocycles. The molecule has 4 rings (SSSR count). The first-order valence-electron chi connectivity index (χ1n) is 10.00. The van der Waals surface area contributed by atoms with Crippen LogP contribution in [0.15, 0.2) is 48.7 Å². The van der Waals surface area contributed by atoms with Crippen LogP contribution in [0.4, 0.5) is 29.1 Å². The highest BCUT2D eigenvalue weighted by molar-refractivity contribution is 6.37. The molecule has 1 saturated heterocycles. The summed E-state index contributed by atoms with van der Waals surface area (Å²) in [6, 6.07) is 13.9. The molecule has 0 bridgehead atoms. The van der Waals surface area contributed by atoms with Gasteiger partial charge in [0.25, 0.3) is 0 Å². The number of benzene rings is 1. The Morgan fingerprint density at radius 2 is 1.77 bits per heavy atom. The maximum atomic E-state index is 6.41. The first-order chi connectivity index (χ1) is 14.5. The molecule has 2 aromatic heterocycles. The second kappa shape index (κ2) is 8.79. The molecule has 0 amide bonds. The van der Waals surface area contributed by atoms with E-state index < -0.39 is 0 Å². The predicted octanol–water partition coefficient (Wildman–Crippen LogP) is 1.92.